The lowest BCUT2D eigenvalue weighted by Gasteiger charge is -2.20. The average molecular weight is 425 g/mol. The van der Waals surface area contributed by atoms with Gasteiger partial charge in [-0.1, -0.05) is 45.0 Å². The van der Waals surface area contributed by atoms with Crippen LogP contribution in [-0.2, 0) is 10.2 Å². The van der Waals surface area contributed by atoms with Crippen molar-refractivity contribution in [3.8, 4) is 5.69 Å². The standard InChI is InChI=1S/C23H28N4O2S/c1-6-26(22(29)18-12-9-13-30-18)15-21(28)24-20-14-19(23(3,4)5)25-27(20)17-11-8-7-10-16(17)2/h7-14H,6,15H2,1-5H3,(H,24,28). The molecule has 1 N–H and O–H groups in total. The van der Waals surface area contributed by atoms with E-state index in [1.807, 2.05) is 55.6 Å². The number of amides is 2. The molecular formula is C23H28N4O2S. The maximum Gasteiger partial charge on any atom is 0.264 e. The van der Waals surface area contributed by atoms with Crippen molar-refractivity contribution in [3.05, 3.63) is 64.0 Å². The number of anilines is 1. The minimum Gasteiger partial charge on any atom is -0.329 e. The van der Waals surface area contributed by atoms with Crippen LogP contribution in [-0.4, -0.2) is 39.6 Å². The third kappa shape index (κ3) is 4.79. The predicted octanol–water partition coefficient (Wildman–Crippen LogP) is 4.64. The van der Waals surface area contributed by atoms with Crippen LogP contribution in [0.3, 0.4) is 0 Å². The van der Waals surface area contributed by atoms with E-state index in [9.17, 15) is 9.59 Å². The number of nitrogens with one attached hydrogen (secondary N) is 1. The number of nitrogens with zero attached hydrogens (tertiary/aromatic N) is 3. The number of aryl methyl sites for hydroxylation is 1. The maximum absolute atomic E-state index is 12.8. The second-order valence-corrected chi connectivity index (χ2v) is 9.16. The van der Waals surface area contributed by atoms with Crippen molar-refractivity contribution in [1.82, 2.24) is 14.7 Å². The van der Waals surface area contributed by atoms with Crippen LogP contribution in [0, 0.1) is 6.92 Å². The third-order valence-electron chi connectivity index (χ3n) is 4.82. The lowest BCUT2D eigenvalue weighted by Crippen LogP contribution is -2.37. The van der Waals surface area contributed by atoms with Crippen LogP contribution >= 0.6 is 11.3 Å². The molecule has 7 heteroatoms. The quantitative estimate of drug-likeness (QED) is 0.627. The molecule has 6 nitrogen and oxygen atoms in total. The molecule has 0 unspecified atom stereocenters. The average Bonchev–Trinajstić information content (AvgIpc) is 3.36. The summed E-state index contributed by atoms with van der Waals surface area (Å²) < 4.78 is 1.77. The van der Waals surface area contributed by atoms with Crippen LogP contribution in [0.25, 0.3) is 5.69 Å². The Balaban J connectivity index is 1.86. The summed E-state index contributed by atoms with van der Waals surface area (Å²) in [6.07, 6.45) is 0. The van der Waals surface area contributed by atoms with Gasteiger partial charge in [-0.3, -0.25) is 9.59 Å². The summed E-state index contributed by atoms with van der Waals surface area (Å²) in [5.74, 6) is 0.209. The lowest BCUT2D eigenvalue weighted by molar-refractivity contribution is -0.116. The fourth-order valence-corrected chi connectivity index (χ4v) is 3.75. The van der Waals surface area contributed by atoms with Gasteiger partial charge in [0.15, 0.2) is 0 Å². The van der Waals surface area contributed by atoms with Gasteiger partial charge < -0.3 is 10.2 Å². The molecule has 0 bridgehead atoms. The van der Waals surface area contributed by atoms with Crippen LogP contribution in [0.1, 0.15) is 48.6 Å². The minimum absolute atomic E-state index is 0.0168. The summed E-state index contributed by atoms with van der Waals surface area (Å²) in [5.41, 5.74) is 2.67. The summed E-state index contributed by atoms with van der Waals surface area (Å²) >= 11 is 1.38. The summed E-state index contributed by atoms with van der Waals surface area (Å²) in [6.45, 7) is 10.6. The molecule has 0 aliphatic carbocycles. The molecular weight excluding hydrogens is 396 g/mol. The molecule has 0 spiro atoms. The van der Waals surface area contributed by atoms with Crippen molar-refractivity contribution >= 4 is 29.0 Å². The number of carbonyl (C=O) groups is 2. The molecule has 0 aliphatic rings. The number of carbonyl (C=O) groups excluding carboxylic acids is 2. The van der Waals surface area contributed by atoms with E-state index < -0.39 is 0 Å². The van der Waals surface area contributed by atoms with E-state index in [1.165, 1.54) is 11.3 Å². The lowest BCUT2D eigenvalue weighted by atomic mass is 9.92. The molecule has 158 valence electrons. The van der Waals surface area contributed by atoms with E-state index in [0.29, 0.717) is 17.2 Å². The summed E-state index contributed by atoms with van der Waals surface area (Å²) in [4.78, 5) is 27.6. The molecule has 3 aromatic rings. The van der Waals surface area contributed by atoms with E-state index in [2.05, 4.69) is 26.1 Å². The van der Waals surface area contributed by atoms with Gasteiger partial charge in [0, 0.05) is 18.0 Å². The number of benzene rings is 1. The minimum atomic E-state index is -0.253. The van der Waals surface area contributed by atoms with Gasteiger partial charge in [0.05, 0.1) is 16.3 Å². The number of hydrogen-bond acceptors (Lipinski definition) is 4. The molecule has 0 fully saturated rings. The van der Waals surface area contributed by atoms with Gasteiger partial charge >= 0.3 is 0 Å². The predicted molar refractivity (Wildman–Crippen MR) is 122 cm³/mol. The normalized spacial score (nSPS) is 11.4. The fourth-order valence-electron chi connectivity index (χ4n) is 3.06. The number of likely N-dealkylation sites (N-methyl/N-ethyl adjacent to an activating group) is 1. The number of para-hydroxylation sites is 1. The van der Waals surface area contributed by atoms with Crippen LogP contribution in [0.2, 0.25) is 0 Å². The second-order valence-electron chi connectivity index (χ2n) is 8.21. The first kappa shape index (κ1) is 21.8. The zero-order valence-electron chi connectivity index (χ0n) is 18.1. The number of rotatable bonds is 6. The summed E-state index contributed by atoms with van der Waals surface area (Å²) in [6, 6.07) is 13.4. The number of aromatic nitrogens is 2. The van der Waals surface area contributed by atoms with Crippen LogP contribution < -0.4 is 5.32 Å². The smallest absolute Gasteiger partial charge is 0.264 e. The summed E-state index contributed by atoms with van der Waals surface area (Å²) in [7, 11) is 0. The zero-order chi connectivity index (χ0) is 21.9. The van der Waals surface area contributed by atoms with Crippen molar-refractivity contribution < 1.29 is 9.59 Å². The molecule has 30 heavy (non-hydrogen) atoms. The summed E-state index contributed by atoms with van der Waals surface area (Å²) in [5, 5.41) is 9.59. The molecule has 2 heterocycles. The van der Waals surface area contributed by atoms with Crippen molar-refractivity contribution in [3.63, 3.8) is 0 Å². The highest BCUT2D eigenvalue weighted by molar-refractivity contribution is 7.12. The van der Waals surface area contributed by atoms with Gasteiger partial charge in [-0.2, -0.15) is 5.10 Å². The third-order valence-corrected chi connectivity index (χ3v) is 5.68. The molecule has 2 amide bonds. The van der Waals surface area contributed by atoms with Crippen molar-refractivity contribution in [2.75, 3.05) is 18.4 Å². The molecule has 1 aromatic carbocycles. The molecule has 0 saturated carbocycles. The molecule has 2 aromatic heterocycles. The first-order valence-electron chi connectivity index (χ1n) is 10.00. The Morgan fingerprint density at radius 3 is 2.50 bits per heavy atom. The SMILES string of the molecule is CCN(CC(=O)Nc1cc(C(C)(C)C)nn1-c1ccccc1C)C(=O)c1cccs1. The van der Waals surface area contributed by atoms with E-state index in [0.717, 1.165) is 16.9 Å². The topological polar surface area (TPSA) is 67.2 Å². The van der Waals surface area contributed by atoms with E-state index in [-0.39, 0.29) is 23.8 Å². The Bertz CT molecular complexity index is 1030. The maximum atomic E-state index is 12.8. The Hall–Kier alpha value is -2.93. The Morgan fingerprint density at radius 1 is 1.17 bits per heavy atom. The van der Waals surface area contributed by atoms with Crippen molar-refractivity contribution in [1.29, 1.82) is 0 Å². The first-order valence-corrected chi connectivity index (χ1v) is 10.9. The van der Waals surface area contributed by atoms with Crippen LogP contribution in [0.5, 0.6) is 0 Å². The van der Waals surface area contributed by atoms with Gasteiger partial charge in [0.25, 0.3) is 5.91 Å². The highest BCUT2D eigenvalue weighted by atomic mass is 32.1. The largest absolute Gasteiger partial charge is 0.329 e. The van der Waals surface area contributed by atoms with Crippen molar-refractivity contribution in [2.24, 2.45) is 0 Å². The Labute approximate surface area is 181 Å². The highest BCUT2D eigenvalue weighted by Crippen LogP contribution is 2.27. The molecule has 0 saturated heterocycles. The Kier molecular flexibility index (Phi) is 6.41. The van der Waals surface area contributed by atoms with Gasteiger partial charge in [0.1, 0.15) is 12.4 Å². The van der Waals surface area contributed by atoms with E-state index in [4.69, 9.17) is 5.10 Å². The van der Waals surface area contributed by atoms with Gasteiger partial charge in [-0.15, -0.1) is 11.3 Å². The molecule has 0 aliphatic heterocycles. The number of hydrogen-bond donors (Lipinski definition) is 1. The number of thiophene rings is 1. The van der Waals surface area contributed by atoms with Crippen LogP contribution in [0.15, 0.2) is 47.8 Å². The van der Waals surface area contributed by atoms with Gasteiger partial charge in [-0.25, -0.2) is 4.68 Å². The molecule has 3 rings (SSSR count). The van der Waals surface area contributed by atoms with E-state index >= 15 is 0 Å². The first-order chi connectivity index (χ1) is 14.2. The second kappa shape index (κ2) is 8.83. The van der Waals surface area contributed by atoms with Crippen molar-refractivity contribution in [2.45, 2.75) is 40.0 Å². The van der Waals surface area contributed by atoms with Gasteiger partial charge in [0.2, 0.25) is 5.91 Å². The highest BCUT2D eigenvalue weighted by Gasteiger charge is 2.23. The monoisotopic (exact) mass is 424 g/mol. The Morgan fingerprint density at radius 2 is 1.90 bits per heavy atom. The fraction of sp³-hybridized carbons (Fsp3) is 0.348. The van der Waals surface area contributed by atoms with E-state index in [1.54, 1.807) is 15.6 Å². The zero-order valence-corrected chi connectivity index (χ0v) is 18.9. The molecule has 0 radical (unpaired) electrons. The van der Waals surface area contributed by atoms with Crippen LogP contribution in [0.4, 0.5) is 5.82 Å². The van der Waals surface area contributed by atoms with Gasteiger partial charge in [-0.05, 0) is 36.9 Å². The molecule has 0 atom stereocenters.